The van der Waals surface area contributed by atoms with Crippen molar-refractivity contribution in [2.45, 2.75) is 19.5 Å². The summed E-state index contributed by atoms with van der Waals surface area (Å²) in [7, 11) is 0. The molecule has 1 heterocycles. The lowest BCUT2D eigenvalue weighted by Crippen LogP contribution is -2.39. The molecule has 0 bridgehead atoms. The van der Waals surface area contributed by atoms with Gasteiger partial charge in [-0.1, -0.05) is 30.3 Å². The number of hydrogen-bond donors (Lipinski definition) is 2. The van der Waals surface area contributed by atoms with E-state index in [2.05, 4.69) is 15.6 Å². The zero-order chi connectivity index (χ0) is 16.7. The number of rotatable bonds is 5. The molecule has 0 aliphatic carbocycles. The van der Waals surface area contributed by atoms with Gasteiger partial charge in [0.2, 0.25) is 11.8 Å². The quantitative estimate of drug-likeness (QED) is 0.874. The molecule has 1 unspecified atom stereocenters. The summed E-state index contributed by atoms with van der Waals surface area (Å²) in [6.45, 7) is 1.62. The molecule has 2 amide bonds. The number of pyridine rings is 1. The summed E-state index contributed by atoms with van der Waals surface area (Å²) in [6.07, 6.45) is 1.52. The number of nitrogens with one attached hydrogen (secondary N) is 2. The number of nitrogens with zero attached hydrogens (tertiary/aromatic N) is 2. The minimum atomic E-state index is -0.758. The van der Waals surface area contributed by atoms with E-state index in [0.717, 1.165) is 5.56 Å². The third kappa shape index (κ3) is 4.64. The number of hydrogen-bond acceptors (Lipinski definition) is 4. The molecule has 2 N–H and O–H groups in total. The first-order chi connectivity index (χ1) is 11.1. The molecule has 6 heteroatoms. The second-order valence-electron chi connectivity index (χ2n) is 4.92. The van der Waals surface area contributed by atoms with E-state index in [9.17, 15) is 9.59 Å². The molecule has 2 aromatic rings. The van der Waals surface area contributed by atoms with E-state index in [1.54, 1.807) is 36.4 Å². The van der Waals surface area contributed by atoms with Crippen LogP contribution in [0.5, 0.6) is 0 Å². The van der Waals surface area contributed by atoms with E-state index >= 15 is 0 Å². The second-order valence-corrected chi connectivity index (χ2v) is 4.92. The van der Waals surface area contributed by atoms with Gasteiger partial charge in [-0.2, -0.15) is 5.26 Å². The van der Waals surface area contributed by atoms with Crippen LogP contribution < -0.4 is 10.6 Å². The molecule has 0 spiro atoms. The SMILES string of the molecule is CC(=O)NC(C(=O)NCc1ccnc(C#N)c1)c1ccccc1. The summed E-state index contributed by atoms with van der Waals surface area (Å²) in [4.78, 5) is 27.6. The van der Waals surface area contributed by atoms with Gasteiger partial charge in [-0.15, -0.1) is 0 Å². The summed E-state index contributed by atoms with van der Waals surface area (Å²) < 4.78 is 0. The van der Waals surface area contributed by atoms with E-state index in [4.69, 9.17) is 5.26 Å². The van der Waals surface area contributed by atoms with Crippen molar-refractivity contribution in [3.05, 3.63) is 65.5 Å². The largest absolute Gasteiger partial charge is 0.350 e. The van der Waals surface area contributed by atoms with E-state index in [1.165, 1.54) is 13.1 Å². The van der Waals surface area contributed by atoms with Gasteiger partial charge in [0, 0.05) is 19.7 Å². The van der Waals surface area contributed by atoms with E-state index in [-0.39, 0.29) is 18.4 Å². The average Bonchev–Trinajstić information content (AvgIpc) is 2.58. The maximum Gasteiger partial charge on any atom is 0.247 e. The molecule has 23 heavy (non-hydrogen) atoms. The highest BCUT2D eigenvalue weighted by Gasteiger charge is 2.20. The Balaban J connectivity index is 2.09. The first kappa shape index (κ1) is 16.2. The summed E-state index contributed by atoms with van der Waals surface area (Å²) in [5.41, 5.74) is 1.75. The molecule has 0 aliphatic rings. The number of carbonyl (C=O) groups excluding carboxylic acids is 2. The average molecular weight is 308 g/mol. The van der Waals surface area contributed by atoms with Crippen molar-refractivity contribution >= 4 is 11.8 Å². The van der Waals surface area contributed by atoms with Crippen molar-refractivity contribution < 1.29 is 9.59 Å². The molecule has 0 fully saturated rings. The van der Waals surface area contributed by atoms with Crippen molar-refractivity contribution in [3.63, 3.8) is 0 Å². The van der Waals surface area contributed by atoms with Crippen LogP contribution in [-0.2, 0) is 16.1 Å². The van der Waals surface area contributed by atoms with Crippen molar-refractivity contribution in [3.8, 4) is 6.07 Å². The van der Waals surface area contributed by atoms with E-state index in [0.29, 0.717) is 11.3 Å². The Morgan fingerprint density at radius 2 is 2.00 bits per heavy atom. The minimum Gasteiger partial charge on any atom is -0.350 e. The van der Waals surface area contributed by atoms with Gasteiger partial charge < -0.3 is 10.6 Å². The summed E-state index contributed by atoms with van der Waals surface area (Å²) in [5, 5.41) is 14.2. The lowest BCUT2D eigenvalue weighted by atomic mass is 10.1. The Morgan fingerprint density at radius 1 is 1.26 bits per heavy atom. The first-order valence-electron chi connectivity index (χ1n) is 7.05. The van der Waals surface area contributed by atoms with Crippen molar-refractivity contribution in [1.82, 2.24) is 15.6 Å². The van der Waals surface area contributed by atoms with E-state index in [1.807, 2.05) is 12.1 Å². The third-order valence-corrected chi connectivity index (χ3v) is 3.15. The van der Waals surface area contributed by atoms with Crippen LogP contribution >= 0.6 is 0 Å². The lowest BCUT2D eigenvalue weighted by molar-refractivity contribution is -0.128. The molecule has 0 radical (unpaired) electrons. The van der Waals surface area contributed by atoms with Crippen LogP contribution in [0.4, 0.5) is 0 Å². The van der Waals surface area contributed by atoms with Crippen LogP contribution in [0, 0.1) is 11.3 Å². The third-order valence-electron chi connectivity index (χ3n) is 3.15. The van der Waals surface area contributed by atoms with Gasteiger partial charge >= 0.3 is 0 Å². The fourth-order valence-corrected chi connectivity index (χ4v) is 2.09. The van der Waals surface area contributed by atoms with E-state index < -0.39 is 6.04 Å². The van der Waals surface area contributed by atoms with Crippen molar-refractivity contribution in [2.24, 2.45) is 0 Å². The Hall–Kier alpha value is -3.20. The van der Waals surface area contributed by atoms with Crippen LogP contribution in [0.3, 0.4) is 0 Å². The zero-order valence-electron chi connectivity index (χ0n) is 12.6. The zero-order valence-corrected chi connectivity index (χ0v) is 12.6. The van der Waals surface area contributed by atoms with Crippen LogP contribution in [0.1, 0.15) is 29.8 Å². The number of benzene rings is 1. The minimum absolute atomic E-state index is 0.249. The van der Waals surface area contributed by atoms with Gasteiger partial charge in [-0.3, -0.25) is 9.59 Å². The highest BCUT2D eigenvalue weighted by Crippen LogP contribution is 2.13. The molecule has 0 aliphatic heterocycles. The van der Waals surface area contributed by atoms with Gasteiger partial charge in [0.1, 0.15) is 17.8 Å². The second kappa shape index (κ2) is 7.71. The predicted octanol–water partition coefficient (Wildman–Crippen LogP) is 1.45. The highest BCUT2D eigenvalue weighted by atomic mass is 16.2. The van der Waals surface area contributed by atoms with Gasteiger partial charge in [0.05, 0.1) is 0 Å². The molecular formula is C17H16N4O2. The molecule has 0 saturated heterocycles. The molecule has 1 atom stereocenters. The van der Waals surface area contributed by atoms with Crippen LogP contribution in [0.2, 0.25) is 0 Å². The number of amides is 2. The Bertz CT molecular complexity index is 738. The topological polar surface area (TPSA) is 94.9 Å². The monoisotopic (exact) mass is 308 g/mol. The van der Waals surface area contributed by atoms with Crippen LogP contribution in [0.15, 0.2) is 48.7 Å². The molecule has 116 valence electrons. The van der Waals surface area contributed by atoms with Gasteiger partial charge in [0.25, 0.3) is 0 Å². The van der Waals surface area contributed by atoms with Crippen molar-refractivity contribution in [2.75, 3.05) is 0 Å². The summed E-state index contributed by atoms with van der Waals surface area (Å²) in [5.74, 6) is -0.605. The summed E-state index contributed by atoms with van der Waals surface area (Å²) in [6, 6.07) is 13.5. The lowest BCUT2D eigenvalue weighted by Gasteiger charge is -2.18. The Labute approximate surface area is 134 Å². The smallest absolute Gasteiger partial charge is 0.247 e. The molecule has 6 nitrogen and oxygen atoms in total. The molecule has 0 saturated carbocycles. The molecule has 2 rings (SSSR count). The van der Waals surface area contributed by atoms with Crippen LogP contribution in [-0.4, -0.2) is 16.8 Å². The fraction of sp³-hybridized carbons (Fsp3) is 0.176. The normalized spacial score (nSPS) is 11.1. The molecule has 1 aromatic carbocycles. The van der Waals surface area contributed by atoms with Gasteiger partial charge in [-0.25, -0.2) is 4.98 Å². The predicted molar refractivity (Wildman–Crippen MR) is 83.8 cm³/mol. The highest BCUT2D eigenvalue weighted by molar-refractivity contribution is 5.87. The standard InChI is InChI=1S/C17H16N4O2/c1-12(22)21-16(14-5-3-2-4-6-14)17(23)20-11-13-7-8-19-15(9-13)10-18/h2-9,16H,11H2,1H3,(H,20,23)(H,21,22). The molecule has 1 aromatic heterocycles. The summed E-state index contributed by atoms with van der Waals surface area (Å²) >= 11 is 0. The first-order valence-corrected chi connectivity index (χ1v) is 7.05. The van der Waals surface area contributed by atoms with Gasteiger partial charge in [0.15, 0.2) is 0 Å². The number of nitriles is 1. The maximum absolute atomic E-state index is 12.4. The van der Waals surface area contributed by atoms with Crippen molar-refractivity contribution in [1.29, 1.82) is 5.26 Å². The number of aromatic nitrogens is 1. The molecular weight excluding hydrogens is 292 g/mol. The van der Waals surface area contributed by atoms with Crippen LogP contribution in [0.25, 0.3) is 0 Å². The maximum atomic E-state index is 12.4. The Kier molecular flexibility index (Phi) is 5.42. The van der Waals surface area contributed by atoms with Gasteiger partial charge in [-0.05, 0) is 23.3 Å². The number of carbonyl (C=O) groups is 2. The Morgan fingerprint density at radius 3 is 2.65 bits per heavy atom. The fourth-order valence-electron chi connectivity index (χ4n) is 2.09.